The zero-order valence-electron chi connectivity index (χ0n) is 15.4. The van der Waals surface area contributed by atoms with Crippen LogP contribution in [-0.4, -0.2) is 11.8 Å². The first-order valence-electron chi connectivity index (χ1n) is 7.67. The van der Waals surface area contributed by atoms with Crippen molar-refractivity contribution in [2.75, 3.05) is 0 Å². The van der Waals surface area contributed by atoms with E-state index in [1.165, 1.54) is 25.0 Å². The van der Waals surface area contributed by atoms with Crippen molar-refractivity contribution < 1.29 is 9.59 Å². The SMILES string of the molecule is C/C(C(N)=O)=C(\C)C(N)=O.CC=C(C)C.CCc1ccc(Cl)cc1. The number of rotatable bonds is 3. The van der Waals surface area contributed by atoms with Crippen molar-refractivity contribution in [3.05, 3.63) is 57.6 Å². The van der Waals surface area contributed by atoms with Gasteiger partial charge < -0.3 is 11.5 Å². The van der Waals surface area contributed by atoms with E-state index in [1.807, 2.05) is 31.2 Å². The molecule has 0 radical (unpaired) electrons. The first-order valence-corrected chi connectivity index (χ1v) is 8.05. The number of aryl methyl sites for hydroxylation is 1. The molecule has 24 heavy (non-hydrogen) atoms. The largest absolute Gasteiger partial charge is 0.366 e. The van der Waals surface area contributed by atoms with Gasteiger partial charge in [0.1, 0.15) is 0 Å². The second kappa shape index (κ2) is 13.4. The van der Waals surface area contributed by atoms with Crippen molar-refractivity contribution in [3.8, 4) is 0 Å². The molecular weight excluding hydrogens is 324 g/mol. The van der Waals surface area contributed by atoms with Crippen molar-refractivity contribution in [2.24, 2.45) is 11.5 Å². The summed E-state index contributed by atoms with van der Waals surface area (Å²) in [5.74, 6) is -1.23. The minimum absolute atomic E-state index is 0.215. The Morgan fingerprint density at radius 2 is 1.29 bits per heavy atom. The molecule has 0 spiro atoms. The van der Waals surface area contributed by atoms with Gasteiger partial charge in [-0.15, -0.1) is 0 Å². The molecule has 0 aromatic heterocycles. The number of hydrogen-bond donors (Lipinski definition) is 2. The van der Waals surface area contributed by atoms with Crippen LogP contribution in [0, 0.1) is 0 Å². The molecule has 0 saturated heterocycles. The standard InChI is InChI=1S/C8H9Cl.C6H10N2O2.C5H10/c1-2-7-3-5-8(9)6-4-7;1-3(5(7)9)4(2)6(8)10;1-4-5(2)3/h3-6H,2H2,1H3;1-2H3,(H2,7,9)(H2,8,10);4H,1-3H3/b;4-3-;. The van der Waals surface area contributed by atoms with Gasteiger partial charge in [0.05, 0.1) is 0 Å². The summed E-state index contributed by atoms with van der Waals surface area (Å²) in [5, 5.41) is 0.812. The third kappa shape index (κ3) is 12.5. The Balaban J connectivity index is 0. The molecule has 0 aliphatic heterocycles. The molecule has 2 amide bonds. The molecule has 0 heterocycles. The van der Waals surface area contributed by atoms with Crippen LogP contribution in [0.15, 0.2) is 47.1 Å². The van der Waals surface area contributed by atoms with E-state index in [0.717, 1.165) is 11.4 Å². The summed E-state index contributed by atoms with van der Waals surface area (Å²) >= 11 is 5.67. The summed E-state index contributed by atoms with van der Waals surface area (Å²) < 4.78 is 0. The predicted molar refractivity (Wildman–Crippen MR) is 103 cm³/mol. The Hall–Kier alpha value is -2.07. The van der Waals surface area contributed by atoms with E-state index in [0.29, 0.717) is 0 Å². The molecule has 0 aliphatic carbocycles. The number of hydrogen-bond acceptors (Lipinski definition) is 2. The minimum Gasteiger partial charge on any atom is -0.366 e. The number of nitrogens with two attached hydrogens (primary N) is 2. The summed E-state index contributed by atoms with van der Waals surface area (Å²) in [4.78, 5) is 20.8. The number of amides is 2. The molecule has 134 valence electrons. The van der Waals surface area contributed by atoms with Crippen molar-refractivity contribution >= 4 is 23.4 Å². The maximum atomic E-state index is 10.4. The zero-order chi connectivity index (χ0) is 19.3. The lowest BCUT2D eigenvalue weighted by molar-refractivity contribution is -0.117. The van der Waals surface area contributed by atoms with E-state index in [1.54, 1.807) is 0 Å². The van der Waals surface area contributed by atoms with E-state index in [2.05, 4.69) is 26.8 Å². The van der Waals surface area contributed by atoms with E-state index >= 15 is 0 Å². The highest BCUT2D eigenvalue weighted by atomic mass is 35.5. The van der Waals surface area contributed by atoms with Gasteiger partial charge in [0.15, 0.2) is 0 Å². The quantitative estimate of drug-likeness (QED) is 0.631. The van der Waals surface area contributed by atoms with Crippen LogP contribution in [0.1, 0.15) is 47.1 Å². The zero-order valence-corrected chi connectivity index (χ0v) is 16.2. The molecule has 4 N–H and O–H groups in total. The Morgan fingerprint density at radius 3 is 1.50 bits per heavy atom. The number of carbonyl (C=O) groups is 2. The van der Waals surface area contributed by atoms with Gasteiger partial charge in [-0.2, -0.15) is 0 Å². The van der Waals surface area contributed by atoms with E-state index in [-0.39, 0.29) is 11.1 Å². The Labute approximate surface area is 150 Å². The molecule has 1 aromatic carbocycles. The fourth-order valence-corrected chi connectivity index (χ4v) is 1.22. The minimum atomic E-state index is -0.615. The molecule has 1 rings (SSSR count). The van der Waals surface area contributed by atoms with E-state index in [9.17, 15) is 9.59 Å². The van der Waals surface area contributed by atoms with Crippen molar-refractivity contribution in [1.29, 1.82) is 0 Å². The fourth-order valence-electron chi connectivity index (χ4n) is 1.09. The summed E-state index contributed by atoms with van der Waals surface area (Å²) in [5.41, 5.74) is 12.9. The van der Waals surface area contributed by atoms with Crippen LogP contribution in [0.3, 0.4) is 0 Å². The number of benzene rings is 1. The van der Waals surface area contributed by atoms with Crippen LogP contribution < -0.4 is 11.5 Å². The highest BCUT2D eigenvalue weighted by molar-refractivity contribution is 6.30. The molecule has 0 fully saturated rings. The molecule has 4 nitrogen and oxygen atoms in total. The Morgan fingerprint density at radius 1 is 0.958 bits per heavy atom. The summed E-state index contributed by atoms with van der Waals surface area (Å²) in [7, 11) is 0. The van der Waals surface area contributed by atoms with Gasteiger partial charge in [0.25, 0.3) is 0 Å². The summed E-state index contributed by atoms with van der Waals surface area (Å²) in [6, 6.07) is 7.92. The lowest BCUT2D eigenvalue weighted by Gasteiger charge is -1.97. The van der Waals surface area contributed by atoms with Crippen LogP contribution in [0.25, 0.3) is 0 Å². The van der Waals surface area contributed by atoms with Gasteiger partial charge in [-0.3, -0.25) is 9.59 Å². The van der Waals surface area contributed by atoms with E-state index < -0.39 is 11.8 Å². The van der Waals surface area contributed by atoms with E-state index in [4.69, 9.17) is 23.1 Å². The third-order valence-corrected chi connectivity index (χ3v) is 3.45. The van der Waals surface area contributed by atoms with Crippen LogP contribution in [0.4, 0.5) is 0 Å². The molecule has 0 aliphatic rings. The number of carbonyl (C=O) groups excluding carboxylic acids is 2. The van der Waals surface area contributed by atoms with Gasteiger partial charge in [-0.1, -0.05) is 42.3 Å². The highest BCUT2D eigenvalue weighted by Crippen LogP contribution is 2.09. The molecule has 0 bridgehead atoms. The third-order valence-electron chi connectivity index (χ3n) is 3.20. The summed E-state index contributed by atoms with van der Waals surface area (Å²) in [6.45, 7) is 11.3. The maximum absolute atomic E-state index is 10.4. The smallest absolute Gasteiger partial charge is 0.244 e. The fraction of sp³-hybridized carbons (Fsp3) is 0.368. The Kier molecular flexibility index (Phi) is 13.5. The van der Waals surface area contributed by atoms with Crippen LogP contribution in [-0.2, 0) is 16.0 Å². The number of allylic oxidation sites excluding steroid dienone is 2. The highest BCUT2D eigenvalue weighted by Gasteiger charge is 2.06. The lowest BCUT2D eigenvalue weighted by Crippen LogP contribution is -2.19. The average Bonchev–Trinajstić information content (AvgIpc) is 2.55. The first-order chi connectivity index (χ1) is 11.1. The monoisotopic (exact) mass is 352 g/mol. The lowest BCUT2D eigenvalue weighted by atomic mass is 10.1. The average molecular weight is 353 g/mol. The van der Waals surface area contributed by atoms with Gasteiger partial charge in [-0.25, -0.2) is 0 Å². The molecule has 0 atom stereocenters. The molecular formula is C19H29ClN2O2. The maximum Gasteiger partial charge on any atom is 0.244 e. The number of primary amides is 2. The van der Waals surface area contributed by atoms with Crippen molar-refractivity contribution in [3.63, 3.8) is 0 Å². The van der Waals surface area contributed by atoms with Crippen LogP contribution >= 0.6 is 11.6 Å². The van der Waals surface area contributed by atoms with Gasteiger partial charge in [-0.05, 0) is 58.7 Å². The predicted octanol–water partition coefficient (Wildman–Crippen LogP) is 4.17. The first kappa shape index (κ1) is 24.2. The molecule has 1 aromatic rings. The summed E-state index contributed by atoms with van der Waals surface area (Å²) in [6.07, 6.45) is 3.16. The topological polar surface area (TPSA) is 86.2 Å². The molecule has 0 saturated carbocycles. The normalized spacial score (nSPS) is 10.1. The van der Waals surface area contributed by atoms with Crippen molar-refractivity contribution in [1.82, 2.24) is 0 Å². The van der Waals surface area contributed by atoms with Gasteiger partial charge in [0.2, 0.25) is 11.8 Å². The van der Waals surface area contributed by atoms with Crippen LogP contribution in [0.5, 0.6) is 0 Å². The Bertz CT molecular complexity index is 562. The molecule has 0 unspecified atom stereocenters. The van der Waals surface area contributed by atoms with Crippen LogP contribution in [0.2, 0.25) is 5.02 Å². The second-order valence-corrected chi connectivity index (χ2v) is 5.76. The number of halogens is 1. The van der Waals surface area contributed by atoms with Crippen molar-refractivity contribution in [2.45, 2.75) is 48.0 Å². The van der Waals surface area contributed by atoms with Gasteiger partial charge >= 0.3 is 0 Å². The molecule has 5 heteroatoms. The second-order valence-electron chi connectivity index (χ2n) is 5.32. The van der Waals surface area contributed by atoms with Gasteiger partial charge in [0, 0.05) is 16.2 Å².